The second-order valence-electron chi connectivity index (χ2n) is 2.82. The molecular weight excluding hydrogens is 126 g/mol. The van der Waals surface area contributed by atoms with Crippen molar-refractivity contribution in [3.8, 4) is 0 Å². The van der Waals surface area contributed by atoms with Crippen LogP contribution in [0.1, 0.15) is 13.3 Å². The minimum Gasteiger partial charge on any atom is -0.395 e. The first-order valence-electron chi connectivity index (χ1n) is 3.82. The summed E-state index contributed by atoms with van der Waals surface area (Å²) < 4.78 is 0. The molecule has 0 atom stereocenters. The summed E-state index contributed by atoms with van der Waals surface area (Å²) in [7, 11) is 0. The topological polar surface area (TPSA) is 23.5 Å². The molecule has 0 fully saturated rings. The highest BCUT2D eigenvalue weighted by Crippen LogP contribution is 2.08. The Hall–Kier alpha value is -0.340. The van der Waals surface area contributed by atoms with Crippen molar-refractivity contribution < 1.29 is 5.11 Å². The second-order valence-corrected chi connectivity index (χ2v) is 2.82. The fourth-order valence-corrected chi connectivity index (χ4v) is 1.16. The van der Waals surface area contributed by atoms with Gasteiger partial charge in [0.05, 0.1) is 6.61 Å². The molecule has 0 amide bonds. The van der Waals surface area contributed by atoms with Gasteiger partial charge in [0.2, 0.25) is 0 Å². The Bertz CT molecular complexity index is 131. The molecule has 1 N–H and O–H groups in total. The van der Waals surface area contributed by atoms with Crippen LogP contribution in [-0.2, 0) is 0 Å². The average molecular weight is 141 g/mol. The number of rotatable bonds is 2. The third-order valence-electron chi connectivity index (χ3n) is 1.94. The van der Waals surface area contributed by atoms with Crippen LogP contribution in [0, 0.1) is 0 Å². The van der Waals surface area contributed by atoms with Crippen molar-refractivity contribution in [2.24, 2.45) is 0 Å². The zero-order chi connectivity index (χ0) is 7.40. The summed E-state index contributed by atoms with van der Waals surface area (Å²) in [5, 5.41) is 8.62. The Balaban J connectivity index is 2.27. The third-order valence-corrected chi connectivity index (χ3v) is 1.94. The van der Waals surface area contributed by atoms with Gasteiger partial charge in [0, 0.05) is 19.6 Å². The lowest BCUT2D eigenvalue weighted by Crippen LogP contribution is -2.30. The van der Waals surface area contributed by atoms with Crippen molar-refractivity contribution >= 4 is 0 Å². The highest BCUT2D eigenvalue weighted by Gasteiger charge is 2.06. The summed E-state index contributed by atoms with van der Waals surface area (Å²) in [4.78, 5) is 2.26. The summed E-state index contributed by atoms with van der Waals surface area (Å²) in [6.07, 6.45) is 3.40. The first-order chi connectivity index (χ1) is 4.83. The standard InChI is InChI=1S/C8H15NO/c1-8-2-4-9(5-3-8)6-7-10/h2,10H,3-7H2,1H3. The van der Waals surface area contributed by atoms with Crippen molar-refractivity contribution in [3.05, 3.63) is 11.6 Å². The highest BCUT2D eigenvalue weighted by atomic mass is 16.3. The molecule has 10 heavy (non-hydrogen) atoms. The van der Waals surface area contributed by atoms with E-state index in [0.29, 0.717) is 0 Å². The lowest BCUT2D eigenvalue weighted by Gasteiger charge is -2.23. The second kappa shape index (κ2) is 3.74. The monoisotopic (exact) mass is 141 g/mol. The first kappa shape index (κ1) is 7.76. The van der Waals surface area contributed by atoms with Crippen LogP contribution < -0.4 is 0 Å². The lowest BCUT2D eigenvalue weighted by molar-refractivity contribution is 0.205. The molecular formula is C8H15NO. The molecule has 0 aromatic heterocycles. The number of aliphatic hydroxyl groups is 1. The van der Waals surface area contributed by atoms with E-state index in [2.05, 4.69) is 17.9 Å². The molecule has 0 bridgehead atoms. The molecule has 0 saturated carbocycles. The summed E-state index contributed by atoms with van der Waals surface area (Å²) in [5.41, 5.74) is 1.48. The van der Waals surface area contributed by atoms with Crippen molar-refractivity contribution in [3.63, 3.8) is 0 Å². The number of β-amino-alcohol motifs (C(OH)–C–C–N with tert-alkyl or cyclic N) is 1. The summed E-state index contributed by atoms with van der Waals surface area (Å²) >= 11 is 0. The lowest BCUT2D eigenvalue weighted by atomic mass is 10.1. The van der Waals surface area contributed by atoms with Crippen LogP contribution in [0.15, 0.2) is 11.6 Å². The van der Waals surface area contributed by atoms with Crippen LogP contribution in [0.4, 0.5) is 0 Å². The van der Waals surface area contributed by atoms with E-state index < -0.39 is 0 Å². The van der Waals surface area contributed by atoms with Crippen LogP contribution in [-0.4, -0.2) is 36.2 Å². The van der Waals surface area contributed by atoms with E-state index in [1.807, 2.05) is 0 Å². The van der Waals surface area contributed by atoms with Gasteiger partial charge in [-0.1, -0.05) is 11.6 Å². The molecule has 0 aromatic rings. The van der Waals surface area contributed by atoms with E-state index in [-0.39, 0.29) is 6.61 Å². The largest absolute Gasteiger partial charge is 0.395 e. The maximum absolute atomic E-state index is 8.62. The summed E-state index contributed by atoms with van der Waals surface area (Å²) in [5.74, 6) is 0. The molecule has 0 radical (unpaired) electrons. The average Bonchev–Trinajstić information content (AvgIpc) is 1.95. The van der Waals surface area contributed by atoms with Crippen molar-refractivity contribution in [1.29, 1.82) is 0 Å². The Morgan fingerprint density at radius 1 is 1.70 bits per heavy atom. The number of hydrogen-bond donors (Lipinski definition) is 1. The van der Waals surface area contributed by atoms with Crippen LogP contribution in [0.2, 0.25) is 0 Å². The molecule has 0 spiro atoms. The van der Waals surface area contributed by atoms with Crippen LogP contribution in [0.3, 0.4) is 0 Å². The van der Waals surface area contributed by atoms with Crippen LogP contribution >= 0.6 is 0 Å². The summed E-state index contributed by atoms with van der Waals surface area (Å²) in [6, 6.07) is 0. The molecule has 1 rings (SSSR count). The molecule has 0 aromatic carbocycles. The van der Waals surface area contributed by atoms with Gasteiger partial charge in [-0.2, -0.15) is 0 Å². The SMILES string of the molecule is CC1=CCN(CCO)CC1. The maximum Gasteiger partial charge on any atom is 0.0558 e. The van der Waals surface area contributed by atoms with Gasteiger partial charge in [0.15, 0.2) is 0 Å². The molecule has 2 nitrogen and oxygen atoms in total. The minimum atomic E-state index is 0.285. The van der Waals surface area contributed by atoms with E-state index in [1.165, 1.54) is 12.0 Å². The van der Waals surface area contributed by atoms with Crippen molar-refractivity contribution in [2.45, 2.75) is 13.3 Å². The zero-order valence-corrected chi connectivity index (χ0v) is 6.51. The van der Waals surface area contributed by atoms with E-state index in [1.54, 1.807) is 0 Å². The number of hydrogen-bond acceptors (Lipinski definition) is 2. The van der Waals surface area contributed by atoms with E-state index in [9.17, 15) is 0 Å². The zero-order valence-electron chi connectivity index (χ0n) is 6.51. The predicted octanol–water partition coefficient (Wildman–Crippen LogP) is 0.631. The fraction of sp³-hybridized carbons (Fsp3) is 0.750. The maximum atomic E-state index is 8.62. The fourth-order valence-electron chi connectivity index (χ4n) is 1.16. The summed E-state index contributed by atoms with van der Waals surface area (Å²) in [6.45, 7) is 5.40. The van der Waals surface area contributed by atoms with Gasteiger partial charge >= 0.3 is 0 Å². The number of nitrogens with zero attached hydrogens (tertiary/aromatic N) is 1. The van der Waals surface area contributed by atoms with Crippen molar-refractivity contribution in [2.75, 3.05) is 26.2 Å². The van der Waals surface area contributed by atoms with Gasteiger partial charge < -0.3 is 5.11 Å². The van der Waals surface area contributed by atoms with Crippen LogP contribution in [0.25, 0.3) is 0 Å². The molecule has 1 aliphatic rings. The molecule has 1 heterocycles. The van der Waals surface area contributed by atoms with E-state index in [0.717, 1.165) is 19.6 Å². The highest BCUT2D eigenvalue weighted by molar-refractivity contribution is 5.03. The molecule has 0 unspecified atom stereocenters. The van der Waals surface area contributed by atoms with Gasteiger partial charge in [-0.3, -0.25) is 4.90 Å². The van der Waals surface area contributed by atoms with Gasteiger partial charge in [-0.15, -0.1) is 0 Å². The normalized spacial score (nSPS) is 20.8. The van der Waals surface area contributed by atoms with E-state index in [4.69, 9.17) is 5.11 Å². The molecule has 2 heteroatoms. The number of aliphatic hydroxyl groups excluding tert-OH is 1. The third kappa shape index (κ3) is 2.12. The molecule has 58 valence electrons. The Morgan fingerprint density at radius 3 is 3.00 bits per heavy atom. The quantitative estimate of drug-likeness (QED) is 0.570. The molecule has 0 saturated heterocycles. The minimum absolute atomic E-state index is 0.285. The van der Waals surface area contributed by atoms with Gasteiger partial charge in [-0.25, -0.2) is 0 Å². The first-order valence-corrected chi connectivity index (χ1v) is 3.82. The van der Waals surface area contributed by atoms with Gasteiger partial charge in [-0.05, 0) is 13.3 Å². The smallest absolute Gasteiger partial charge is 0.0558 e. The van der Waals surface area contributed by atoms with Crippen molar-refractivity contribution in [1.82, 2.24) is 4.90 Å². The Morgan fingerprint density at radius 2 is 2.50 bits per heavy atom. The Kier molecular flexibility index (Phi) is 2.90. The van der Waals surface area contributed by atoms with Gasteiger partial charge in [0.25, 0.3) is 0 Å². The van der Waals surface area contributed by atoms with Gasteiger partial charge in [0.1, 0.15) is 0 Å². The van der Waals surface area contributed by atoms with E-state index >= 15 is 0 Å². The molecule has 0 aliphatic carbocycles. The predicted molar refractivity (Wildman–Crippen MR) is 41.9 cm³/mol. The Labute approximate surface area is 62.2 Å². The van der Waals surface area contributed by atoms with Crippen LogP contribution in [0.5, 0.6) is 0 Å². The molecule has 1 aliphatic heterocycles.